The third-order valence-electron chi connectivity index (χ3n) is 9.08. The molecule has 0 radical (unpaired) electrons. The van der Waals surface area contributed by atoms with Crippen LogP contribution >= 0.6 is 11.6 Å². The molecule has 45 heavy (non-hydrogen) atoms. The van der Waals surface area contributed by atoms with Gasteiger partial charge in [0, 0.05) is 42.5 Å². The Bertz CT molecular complexity index is 1520. The zero-order valence-electron chi connectivity index (χ0n) is 24.9. The molecule has 2 N–H and O–H groups in total. The van der Waals surface area contributed by atoms with Crippen molar-refractivity contribution in [3.63, 3.8) is 0 Å². The lowest BCUT2D eigenvalue weighted by atomic mass is 9.76. The molecule has 0 bridgehead atoms. The Balaban J connectivity index is 1.31. The lowest BCUT2D eigenvalue weighted by Crippen LogP contribution is -2.41. The molecule has 2 atom stereocenters. The van der Waals surface area contributed by atoms with Crippen molar-refractivity contribution in [2.75, 3.05) is 24.5 Å². The van der Waals surface area contributed by atoms with Gasteiger partial charge in [-0.25, -0.2) is 4.68 Å². The molecule has 3 aliphatic rings. The van der Waals surface area contributed by atoms with Gasteiger partial charge >= 0.3 is 18.2 Å². The molecule has 1 spiro atoms. The van der Waals surface area contributed by atoms with Crippen molar-refractivity contribution in [2.45, 2.75) is 82.7 Å². The highest BCUT2D eigenvalue weighted by Crippen LogP contribution is 2.43. The molecule has 242 valence electrons. The maximum Gasteiger partial charge on any atom is 0.429 e. The Morgan fingerprint density at radius 2 is 1.89 bits per heavy atom. The van der Waals surface area contributed by atoms with Crippen LogP contribution in [0.3, 0.4) is 0 Å². The van der Waals surface area contributed by atoms with E-state index in [1.165, 1.54) is 28.9 Å². The summed E-state index contributed by atoms with van der Waals surface area (Å²) in [5.41, 5.74) is 0.444. The van der Waals surface area contributed by atoms with Crippen molar-refractivity contribution in [1.82, 2.24) is 25.1 Å². The molecule has 1 aromatic carbocycles. The van der Waals surface area contributed by atoms with Gasteiger partial charge in [0.2, 0.25) is 12.0 Å². The minimum absolute atomic E-state index is 0.0249. The van der Waals surface area contributed by atoms with Crippen molar-refractivity contribution in [1.29, 1.82) is 0 Å². The number of anilines is 1. The van der Waals surface area contributed by atoms with Gasteiger partial charge < -0.3 is 24.8 Å². The number of nitrogens with one attached hydrogen (secondary N) is 1. The van der Waals surface area contributed by atoms with Gasteiger partial charge in [0.1, 0.15) is 18.0 Å². The minimum atomic E-state index is -4.81. The van der Waals surface area contributed by atoms with Gasteiger partial charge in [-0.05, 0) is 75.5 Å². The number of alkyl halides is 3. The molecule has 0 amide bonds. The molecular formula is C31H36ClF3N6O4. The first kappa shape index (κ1) is 31.4. The number of benzene rings is 1. The number of aliphatic carboxylic acids is 1. The number of rotatable bonds is 8. The number of nitrogens with zero attached hydrogens (tertiary/aromatic N) is 5. The molecule has 1 saturated carbocycles. The molecule has 6 rings (SSSR count). The molecule has 14 heteroatoms. The molecule has 4 heterocycles. The van der Waals surface area contributed by atoms with Crippen LogP contribution in [0.2, 0.25) is 5.02 Å². The summed E-state index contributed by atoms with van der Waals surface area (Å²) >= 11 is 6.20. The number of ether oxygens (including phenoxy) is 2. The Kier molecular flexibility index (Phi) is 8.84. The fraction of sp³-hybridized carbons (Fsp3) is 0.548. The summed E-state index contributed by atoms with van der Waals surface area (Å²) < 4.78 is 57.5. The number of carboxylic acids is 1. The van der Waals surface area contributed by atoms with Crippen molar-refractivity contribution in [3.8, 4) is 17.6 Å². The van der Waals surface area contributed by atoms with E-state index >= 15 is 0 Å². The second-order valence-electron chi connectivity index (χ2n) is 12.3. The molecule has 3 fully saturated rings. The van der Waals surface area contributed by atoms with Crippen molar-refractivity contribution in [3.05, 3.63) is 52.8 Å². The summed E-state index contributed by atoms with van der Waals surface area (Å²) in [6.07, 6.45) is 0.933. The van der Waals surface area contributed by atoms with Crippen LogP contribution < -0.4 is 19.7 Å². The van der Waals surface area contributed by atoms with E-state index in [0.717, 1.165) is 32.1 Å². The normalized spacial score (nSPS) is 21.2. The summed E-state index contributed by atoms with van der Waals surface area (Å²) in [6.45, 7) is 3.45. The number of aromatic nitrogens is 4. The Hall–Kier alpha value is -3.58. The number of piperidine rings is 1. The lowest BCUT2D eigenvalue weighted by Gasteiger charge is -2.39. The van der Waals surface area contributed by atoms with Crippen LogP contribution in [0.25, 0.3) is 5.69 Å². The van der Waals surface area contributed by atoms with E-state index in [-0.39, 0.29) is 39.7 Å². The van der Waals surface area contributed by atoms with Gasteiger partial charge in [0.15, 0.2) is 0 Å². The summed E-state index contributed by atoms with van der Waals surface area (Å²) in [6, 6.07) is 6.61. The lowest BCUT2D eigenvalue weighted by molar-refractivity contribution is -0.198. The van der Waals surface area contributed by atoms with Crippen LogP contribution in [-0.2, 0) is 4.79 Å². The van der Waals surface area contributed by atoms with E-state index in [0.29, 0.717) is 50.4 Å². The smallest absolute Gasteiger partial charge is 0.429 e. The molecule has 2 unspecified atom stereocenters. The fourth-order valence-corrected chi connectivity index (χ4v) is 6.76. The largest absolute Gasteiger partial charge is 0.480 e. The highest BCUT2D eigenvalue weighted by atomic mass is 35.5. The standard InChI is InChI=1S/C31H36ClF3N6O4/c1-19-9-12-41(39-19)24-15-20(32)7-8-22(24)27(31(33,34)35)45-26-16-25(37-29(38-26)44-21-5-3-2-4-6-21)40-13-10-30(11-14-40)17-23(28(42)43)36-18-30/h7-9,12,15-16,21,23,27,36H,2-6,10-11,13-14,17-18H2,1H3,(H,42,43). The maximum atomic E-state index is 14.8. The molecule has 2 saturated heterocycles. The Morgan fingerprint density at radius 1 is 1.13 bits per heavy atom. The van der Waals surface area contributed by atoms with Crippen molar-refractivity contribution >= 4 is 23.4 Å². The van der Waals surface area contributed by atoms with Crippen molar-refractivity contribution in [2.24, 2.45) is 5.41 Å². The van der Waals surface area contributed by atoms with E-state index < -0.39 is 24.3 Å². The monoisotopic (exact) mass is 648 g/mol. The summed E-state index contributed by atoms with van der Waals surface area (Å²) in [5.74, 6) is -0.719. The first-order valence-electron chi connectivity index (χ1n) is 15.3. The number of aryl methyl sites for hydroxylation is 1. The second-order valence-corrected chi connectivity index (χ2v) is 12.8. The van der Waals surface area contributed by atoms with Gasteiger partial charge in [-0.2, -0.15) is 28.2 Å². The molecule has 2 aromatic heterocycles. The maximum absolute atomic E-state index is 14.8. The predicted octanol–water partition coefficient (Wildman–Crippen LogP) is 6.05. The number of hydrogen-bond acceptors (Lipinski definition) is 8. The van der Waals surface area contributed by atoms with E-state index in [2.05, 4.69) is 20.4 Å². The third-order valence-corrected chi connectivity index (χ3v) is 9.31. The Labute approximate surface area is 263 Å². The van der Waals surface area contributed by atoms with Gasteiger partial charge in [-0.15, -0.1) is 0 Å². The topological polar surface area (TPSA) is 115 Å². The first-order chi connectivity index (χ1) is 21.5. The molecule has 3 aromatic rings. The van der Waals surface area contributed by atoms with E-state index in [1.54, 1.807) is 19.2 Å². The zero-order valence-corrected chi connectivity index (χ0v) is 25.7. The summed E-state index contributed by atoms with van der Waals surface area (Å²) in [4.78, 5) is 22.4. The highest BCUT2D eigenvalue weighted by Gasteiger charge is 2.46. The molecule has 10 nitrogen and oxygen atoms in total. The van der Waals surface area contributed by atoms with E-state index in [1.807, 2.05) is 4.90 Å². The number of carboxylic acid groups (broad SMARTS) is 1. The number of carbonyl (C=O) groups is 1. The van der Waals surface area contributed by atoms with Crippen LogP contribution in [0.5, 0.6) is 11.9 Å². The number of halogens is 4. The van der Waals surface area contributed by atoms with Gasteiger partial charge in [-0.1, -0.05) is 24.1 Å². The van der Waals surface area contributed by atoms with Gasteiger partial charge in [-0.3, -0.25) is 4.79 Å². The molecule has 2 aliphatic heterocycles. The predicted molar refractivity (Wildman–Crippen MR) is 160 cm³/mol. The summed E-state index contributed by atoms with van der Waals surface area (Å²) in [5, 5.41) is 17.1. The number of hydrogen-bond donors (Lipinski definition) is 2. The quantitative estimate of drug-likeness (QED) is 0.301. The SMILES string of the molecule is Cc1ccn(-c2cc(Cl)ccc2C(Oc2cc(N3CCC4(CC3)CNC(C(=O)O)C4)nc(OC3CCCCC3)n2)C(F)(F)F)n1. The average molecular weight is 649 g/mol. The molecule has 1 aliphatic carbocycles. The van der Waals surface area contributed by atoms with Gasteiger partial charge in [0.05, 0.1) is 11.4 Å². The van der Waals surface area contributed by atoms with Crippen LogP contribution in [0.1, 0.15) is 68.7 Å². The fourth-order valence-electron chi connectivity index (χ4n) is 6.60. The summed E-state index contributed by atoms with van der Waals surface area (Å²) in [7, 11) is 0. The second kappa shape index (κ2) is 12.7. The van der Waals surface area contributed by atoms with Crippen LogP contribution in [0.4, 0.5) is 19.0 Å². The van der Waals surface area contributed by atoms with Crippen LogP contribution in [0, 0.1) is 12.3 Å². The van der Waals surface area contributed by atoms with E-state index in [4.69, 9.17) is 21.1 Å². The van der Waals surface area contributed by atoms with Crippen molar-refractivity contribution < 1.29 is 32.5 Å². The minimum Gasteiger partial charge on any atom is -0.480 e. The van der Waals surface area contributed by atoms with Crippen LogP contribution in [-0.4, -0.2) is 68.8 Å². The van der Waals surface area contributed by atoms with E-state index in [9.17, 15) is 23.1 Å². The van der Waals surface area contributed by atoms with Crippen LogP contribution in [0.15, 0.2) is 36.5 Å². The third kappa shape index (κ3) is 7.14. The van der Waals surface area contributed by atoms with Gasteiger partial charge in [0.25, 0.3) is 0 Å². The highest BCUT2D eigenvalue weighted by molar-refractivity contribution is 6.30. The molecular weight excluding hydrogens is 613 g/mol. The first-order valence-corrected chi connectivity index (χ1v) is 15.7. The Morgan fingerprint density at radius 3 is 2.53 bits per heavy atom. The zero-order chi connectivity index (χ0) is 31.8. The average Bonchev–Trinajstić information content (AvgIpc) is 3.63.